The number of H-pyrrole nitrogens is 1. The van der Waals surface area contributed by atoms with E-state index in [-0.39, 0.29) is 5.56 Å². The summed E-state index contributed by atoms with van der Waals surface area (Å²) in [6.45, 7) is 2.01. The van der Waals surface area contributed by atoms with E-state index in [1.807, 2.05) is 12.1 Å². The first-order chi connectivity index (χ1) is 12.2. The Morgan fingerprint density at radius 1 is 1.28 bits per heavy atom. The Balaban J connectivity index is 1.60. The summed E-state index contributed by atoms with van der Waals surface area (Å²) in [7, 11) is 0. The van der Waals surface area contributed by atoms with Crippen molar-refractivity contribution >= 4 is 5.82 Å². The first kappa shape index (κ1) is 15.4. The van der Waals surface area contributed by atoms with Crippen LogP contribution in [0.15, 0.2) is 41.8 Å². The van der Waals surface area contributed by atoms with Gasteiger partial charge in [0.1, 0.15) is 18.0 Å². The molecule has 0 saturated heterocycles. The molecule has 0 radical (unpaired) electrons. The largest absolute Gasteiger partial charge is 0.383 e. The smallest absolute Gasteiger partial charge is 0.255 e. The van der Waals surface area contributed by atoms with Crippen molar-refractivity contribution in [2.24, 2.45) is 0 Å². The van der Waals surface area contributed by atoms with Crippen LogP contribution in [0.3, 0.4) is 0 Å². The van der Waals surface area contributed by atoms with E-state index in [1.165, 1.54) is 6.33 Å². The van der Waals surface area contributed by atoms with Gasteiger partial charge in [0, 0.05) is 50.2 Å². The van der Waals surface area contributed by atoms with E-state index < -0.39 is 0 Å². The van der Waals surface area contributed by atoms with Crippen molar-refractivity contribution in [3.05, 3.63) is 64.2 Å². The topological polar surface area (TPSA) is 114 Å². The number of aromatic nitrogens is 5. The van der Waals surface area contributed by atoms with Gasteiger partial charge in [-0.1, -0.05) is 6.07 Å². The Kier molecular flexibility index (Phi) is 3.95. The molecule has 25 heavy (non-hydrogen) atoms. The number of rotatable bonds is 3. The summed E-state index contributed by atoms with van der Waals surface area (Å²) in [5, 5.41) is 0. The molecule has 4 rings (SSSR count). The highest BCUT2D eigenvalue weighted by molar-refractivity contribution is 5.52. The van der Waals surface area contributed by atoms with E-state index in [0.717, 1.165) is 17.8 Å². The molecule has 0 fully saturated rings. The maximum absolute atomic E-state index is 12.5. The number of nitrogens with one attached hydrogen (secondary N) is 1. The van der Waals surface area contributed by atoms with E-state index in [4.69, 9.17) is 5.73 Å². The Morgan fingerprint density at radius 2 is 2.12 bits per heavy atom. The highest BCUT2D eigenvalue weighted by atomic mass is 16.1. The minimum atomic E-state index is -0.118. The Bertz CT molecular complexity index is 955. The second-order valence-corrected chi connectivity index (χ2v) is 5.98. The SMILES string of the molecule is Nc1ncccc1CN1CCc2nc(-c3cncnc3)[nH]c(=O)c2C1. The van der Waals surface area contributed by atoms with Crippen molar-refractivity contribution in [2.75, 3.05) is 12.3 Å². The minimum Gasteiger partial charge on any atom is -0.383 e. The maximum atomic E-state index is 12.5. The van der Waals surface area contributed by atoms with E-state index >= 15 is 0 Å². The van der Waals surface area contributed by atoms with Crippen LogP contribution in [0.1, 0.15) is 16.8 Å². The predicted octanol–water partition coefficient (Wildman–Crippen LogP) is 0.762. The molecule has 3 aromatic heterocycles. The number of nitrogens with two attached hydrogens (primary N) is 1. The Labute approximate surface area is 143 Å². The van der Waals surface area contributed by atoms with Gasteiger partial charge >= 0.3 is 0 Å². The molecule has 8 nitrogen and oxygen atoms in total. The van der Waals surface area contributed by atoms with E-state index in [0.29, 0.717) is 42.3 Å². The normalized spacial score (nSPS) is 14.2. The molecule has 8 heteroatoms. The van der Waals surface area contributed by atoms with Crippen LogP contribution in [0.4, 0.5) is 5.82 Å². The zero-order valence-corrected chi connectivity index (χ0v) is 13.5. The summed E-state index contributed by atoms with van der Waals surface area (Å²) < 4.78 is 0. The van der Waals surface area contributed by atoms with E-state index in [1.54, 1.807) is 18.6 Å². The van der Waals surface area contributed by atoms with Crippen LogP contribution in [0.5, 0.6) is 0 Å². The fraction of sp³-hybridized carbons (Fsp3) is 0.235. The van der Waals surface area contributed by atoms with Crippen molar-refractivity contribution in [1.82, 2.24) is 29.8 Å². The molecule has 1 aliphatic rings. The quantitative estimate of drug-likeness (QED) is 0.726. The van der Waals surface area contributed by atoms with Gasteiger partial charge in [0.15, 0.2) is 0 Å². The van der Waals surface area contributed by atoms with Crippen molar-refractivity contribution in [3.8, 4) is 11.4 Å². The first-order valence-corrected chi connectivity index (χ1v) is 8.00. The van der Waals surface area contributed by atoms with Crippen molar-refractivity contribution in [1.29, 1.82) is 0 Å². The number of pyridine rings is 1. The van der Waals surface area contributed by atoms with Gasteiger partial charge in [0.05, 0.1) is 16.8 Å². The number of fused-ring (bicyclic) bond motifs is 1. The van der Waals surface area contributed by atoms with Gasteiger partial charge in [-0.15, -0.1) is 0 Å². The number of aromatic amines is 1. The summed E-state index contributed by atoms with van der Waals surface area (Å²) in [6, 6.07) is 3.82. The van der Waals surface area contributed by atoms with Gasteiger partial charge in [0.25, 0.3) is 5.56 Å². The molecule has 0 unspecified atom stereocenters. The minimum absolute atomic E-state index is 0.118. The number of nitrogen functional groups attached to an aromatic ring is 1. The highest BCUT2D eigenvalue weighted by Gasteiger charge is 2.22. The molecular weight excluding hydrogens is 318 g/mol. The molecule has 1 aliphatic heterocycles. The van der Waals surface area contributed by atoms with Gasteiger partial charge in [-0.3, -0.25) is 9.69 Å². The fourth-order valence-electron chi connectivity index (χ4n) is 3.00. The lowest BCUT2D eigenvalue weighted by Crippen LogP contribution is -2.35. The van der Waals surface area contributed by atoms with Gasteiger partial charge in [-0.05, 0) is 6.07 Å². The fourth-order valence-corrected chi connectivity index (χ4v) is 3.00. The van der Waals surface area contributed by atoms with E-state index in [2.05, 4.69) is 29.8 Å². The van der Waals surface area contributed by atoms with Crippen LogP contribution in [0.2, 0.25) is 0 Å². The van der Waals surface area contributed by atoms with Gasteiger partial charge in [0.2, 0.25) is 0 Å². The van der Waals surface area contributed by atoms with Crippen molar-refractivity contribution in [3.63, 3.8) is 0 Å². The zero-order valence-electron chi connectivity index (χ0n) is 13.5. The Hall–Kier alpha value is -3.13. The molecular formula is C17H17N7O. The molecule has 3 aromatic rings. The lowest BCUT2D eigenvalue weighted by Gasteiger charge is -2.27. The van der Waals surface area contributed by atoms with Crippen LogP contribution in [0, 0.1) is 0 Å². The number of hydrogen-bond acceptors (Lipinski definition) is 7. The second kappa shape index (κ2) is 6.40. The summed E-state index contributed by atoms with van der Waals surface area (Å²) in [4.78, 5) is 34.2. The maximum Gasteiger partial charge on any atom is 0.255 e. The Morgan fingerprint density at radius 3 is 2.92 bits per heavy atom. The molecule has 4 heterocycles. The van der Waals surface area contributed by atoms with E-state index in [9.17, 15) is 4.79 Å². The van der Waals surface area contributed by atoms with Gasteiger partial charge in [-0.25, -0.2) is 19.9 Å². The number of nitrogens with zero attached hydrogens (tertiary/aromatic N) is 5. The molecule has 126 valence electrons. The second-order valence-electron chi connectivity index (χ2n) is 5.98. The first-order valence-electron chi connectivity index (χ1n) is 8.00. The molecule has 0 bridgehead atoms. The third kappa shape index (κ3) is 3.11. The summed E-state index contributed by atoms with van der Waals surface area (Å²) >= 11 is 0. The summed E-state index contributed by atoms with van der Waals surface area (Å²) in [5.41, 5.74) is 9.00. The van der Waals surface area contributed by atoms with Crippen molar-refractivity contribution < 1.29 is 0 Å². The molecule has 0 saturated carbocycles. The average Bonchev–Trinajstić information content (AvgIpc) is 2.65. The predicted molar refractivity (Wildman–Crippen MR) is 92.4 cm³/mol. The van der Waals surface area contributed by atoms with Crippen LogP contribution in [-0.2, 0) is 19.5 Å². The third-order valence-corrected chi connectivity index (χ3v) is 4.30. The molecule has 0 aliphatic carbocycles. The highest BCUT2D eigenvalue weighted by Crippen LogP contribution is 2.20. The average molecular weight is 335 g/mol. The summed E-state index contributed by atoms with van der Waals surface area (Å²) in [6.07, 6.45) is 7.10. The van der Waals surface area contributed by atoms with Gasteiger partial charge in [-0.2, -0.15) is 0 Å². The van der Waals surface area contributed by atoms with Gasteiger partial charge < -0.3 is 10.7 Å². The van der Waals surface area contributed by atoms with Crippen LogP contribution >= 0.6 is 0 Å². The molecule has 0 aromatic carbocycles. The summed E-state index contributed by atoms with van der Waals surface area (Å²) in [5.74, 6) is 1.04. The zero-order chi connectivity index (χ0) is 17.2. The van der Waals surface area contributed by atoms with Crippen LogP contribution < -0.4 is 11.3 Å². The standard InChI is InChI=1S/C17H17N7O/c18-15-11(2-1-4-21-15)8-24-5-3-14-13(9-24)17(25)23-16(22-14)12-6-19-10-20-7-12/h1-2,4,6-7,10H,3,5,8-9H2,(H2,18,21)(H,22,23,25). The van der Waals surface area contributed by atoms with Crippen LogP contribution in [0.25, 0.3) is 11.4 Å². The molecule has 0 amide bonds. The molecule has 0 atom stereocenters. The lowest BCUT2D eigenvalue weighted by atomic mass is 10.1. The third-order valence-electron chi connectivity index (χ3n) is 4.30. The molecule has 3 N–H and O–H groups in total. The van der Waals surface area contributed by atoms with Crippen LogP contribution in [-0.4, -0.2) is 36.4 Å². The number of anilines is 1. The number of hydrogen-bond donors (Lipinski definition) is 2. The molecule has 0 spiro atoms. The lowest BCUT2D eigenvalue weighted by molar-refractivity contribution is 0.242. The van der Waals surface area contributed by atoms with Crippen molar-refractivity contribution in [2.45, 2.75) is 19.5 Å². The monoisotopic (exact) mass is 335 g/mol.